The van der Waals surface area contributed by atoms with Gasteiger partial charge in [-0.3, -0.25) is 6.08 Å². The van der Waals surface area contributed by atoms with Gasteiger partial charge in [0.25, 0.3) is 0 Å². The van der Waals surface area contributed by atoms with E-state index >= 15 is 0 Å². The van der Waals surface area contributed by atoms with Gasteiger partial charge in [-0.2, -0.15) is 23.8 Å². The van der Waals surface area contributed by atoms with Crippen LogP contribution in [0.2, 0.25) is 0 Å². The molecule has 2 rings (SSSR count). The van der Waals surface area contributed by atoms with Gasteiger partial charge in [-0.15, -0.1) is 6.42 Å². The molecule has 0 nitrogen and oxygen atoms in total. The molecule has 0 amide bonds. The topological polar surface area (TPSA) is 0 Å². The Kier molecular flexibility index (Phi) is 6.97. The standard InChI is InChI=1S/C7H9.C5H5.Hf/c1-6-3-4-7(2)5-6;1-2-4-5-3-1;/h3-5H,1-2H3;1-3H,4H2;/q2*-1;. The Hall–Kier alpha value is -0.300. The minimum atomic E-state index is 0. The first-order valence-electron chi connectivity index (χ1n) is 4.21. The van der Waals surface area contributed by atoms with E-state index in [0.29, 0.717) is 0 Å². The van der Waals surface area contributed by atoms with E-state index in [0.717, 1.165) is 6.42 Å². The van der Waals surface area contributed by atoms with Crippen LogP contribution in [0.5, 0.6) is 0 Å². The van der Waals surface area contributed by atoms with E-state index in [9.17, 15) is 0 Å². The van der Waals surface area contributed by atoms with Crippen LogP contribution in [0.3, 0.4) is 0 Å². The van der Waals surface area contributed by atoms with Gasteiger partial charge in [0.15, 0.2) is 0 Å². The second-order valence-corrected chi connectivity index (χ2v) is 2.97. The summed E-state index contributed by atoms with van der Waals surface area (Å²) in [5, 5.41) is 0. The largest absolute Gasteiger partial charge is 0.273 e. The first-order chi connectivity index (χ1) is 5.79. The van der Waals surface area contributed by atoms with Crippen molar-refractivity contribution >= 4 is 0 Å². The Morgan fingerprint density at radius 3 is 2.38 bits per heavy atom. The molecule has 1 aromatic rings. The van der Waals surface area contributed by atoms with E-state index in [-0.39, 0.29) is 25.8 Å². The van der Waals surface area contributed by atoms with Gasteiger partial charge < -0.3 is 0 Å². The van der Waals surface area contributed by atoms with Gasteiger partial charge in [-0.25, -0.2) is 23.8 Å². The summed E-state index contributed by atoms with van der Waals surface area (Å²) in [6.07, 6.45) is 10.0. The number of rotatable bonds is 0. The van der Waals surface area contributed by atoms with Crippen LogP contribution in [0.15, 0.2) is 36.4 Å². The van der Waals surface area contributed by atoms with Gasteiger partial charge in [-0.05, 0) is 0 Å². The third-order valence-electron chi connectivity index (χ3n) is 1.65. The van der Waals surface area contributed by atoms with E-state index in [1.54, 1.807) is 0 Å². The van der Waals surface area contributed by atoms with E-state index in [1.165, 1.54) is 11.1 Å². The van der Waals surface area contributed by atoms with Crippen LogP contribution in [-0.2, 0) is 25.8 Å². The van der Waals surface area contributed by atoms with Crippen molar-refractivity contribution < 1.29 is 25.8 Å². The second-order valence-electron chi connectivity index (χ2n) is 2.97. The molecule has 1 heteroatoms. The molecular weight excluding hydrogens is 323 g/mol. The van der Waals surface area contributed by atoms with E-state index in [1.807, 2.05) is 12.2 Å². The minimum absolute atomic E-state index is 0. The Bertz CT molecular complexity index is 253. The summed E-state index contributed by atoms with van der Waals surface area (Å²) >= 11 is 0. The molecule has 1 aliphatic carbocycles. The molecule has 0 fully saturated rings. The maximum Gasteiger partial charge on any atom is 0 e. The summed E-state index contributed by atoms with van der Waals surface area (Å²) in [6.45, 7) is 4.21. The molecule has 1 aliphatic rings. The molecule has 13 heavy (non-hydrogen) atoms. The Morgan fingerprint density at radius 1 is 1.46 bits per heavy atom. The van der Waals surface area contributed by atoms with Crippen molar-refractivity contribution in [2.75, 3.05) is 0 Å². The zero-order valence-corrected chi connectivity index (χ0v) is 11.8. The van der Waals surface area contributed by atoms with Crippen molar-refractivity contribution in [2.24, 2.45) is 0 Å². The minimum Gasteiger partial charge on any atom is -0.273 e. The SMILES string of the molecule is Cc1cc[c-](C)c1.[C-]1=CC=CC1.[Hf]. The molecule has 0 N–H and O–H groups in total. The normalized spacial score (nSPS) is 11.8. The summed E-state index contributed by atoms with van der Waals surface area (Å²) < 4.78 is 0. The average Bonchev–Trinajstić information content (AvgIpc) is 2.63. The quantitative estimate of drug-likeness (QED) is 0.503. The van der Waals surface area contributed by atoms with Gasteiger partial charge in [0.2, 0.25) is 0 Å². The average molecular weight is 337 g/mol. The maximum absolute atomic E-state index is 2.99. The van der Waals surface area contributed by atoms with Gasteiger partial charge in [-0.1, -0.05) is 13.8 Å². The first kappa shape index (κ1) is 12.7. The Labute approximate surface area is 99.5 Å². The summed E-state index contributed by atoms with van der Waals surface area (Å²) in [5.74, 6) is 0. The predicted molar refractivity (Wildman–Crippen MR) is 53.1 cm³/mol. The van der Waals surface area contributed by atoms with Gasteiger partial charge in [0, 0.05) is 25.8 Å². The predicted octanol–water partition coefficient (Wildman–Crippen LogP) is 3.33. The molecule has 0 atom stereocenters. The summed E-state index contributed by atoms with van der Waals surface area (Å²) in [5.41, 5.74) is 2.72. The molecule has 0 aromatic heterocycles. The van der Waals surface area contributed by atoms with Crippen molar-refractivity contribution in [1.82, 2.24) is 0 Å². The van der Waals surface area contributed by atoms with Crippen LogP contribution in [0.4, 0.5) is 0 Å². The van der Waals surface area contributed by atoms with Crippen molar-refractivity contribution in [1.29, 1.82) is 0 Å². The molecule has 0 bridgehead atoms. The van der Waals surface area contributed by atoms with E-state index in [4.69, 9.17) is 0 Å². The molecule has 0 heterocycles. The van der Waals surface area contributed by atoms with Crippen LogP contribution in [0, 0.1) is 19.9 Å². The second kappa shape index (κ2) is 7.14. The fraction of sp³-hybridized carbons (Fsp3) is 0.250. The fourth-order valence-electron chi connectivity index (χ4n) is 1.06. The Balaban J connectivity index is 0.000000215. The molecule has 0 radical (unpaired) electrons. The Morgan fingerprint density at radius 2 is 2.23 bits per heavy atom. The van der Waals surface area contributed by atoms with Crippen LogP contribution >= 0.6 is 0 Å². The van der Waals surface area contributed by atoms with Gasteiger partial charge in [0.05, 0.1) is 0 Å². The molecule has 0 saturated heterocycles. The maximum atomic E-state index is 2.99. The van der Waals surface area contributed by atoms with Crippen molar-refractivity contribution in [3.05, 3.63) is 53.6 Å². The number of allylic oxidation sites excluding steroid dienone is 4. The molecule has 1 aromatic carbocycles. The molecule has 0 aliphatic heterocycles. The molecule has 68 valence electrons. The smallest absolute Gasteiger partial charge is 0 e. The van der Waals surface area contributed by atoms with Crippen molar-refractivity contribution in [3.8, 4) is 0 Å². The summed E-state index contributed by atoms with van der Waals surface area (Å²) in [4.78, 5) is 0. The summed E-state index contributed by atoms with van der Waals surface area (Å²) in [7, 11) is 0. The number of aryl methyl sites for hydroxylation is 2. The number of hydrogen-bond acceptors (Lipinski definition) is 0. The fourth-order valence-corrected chi connectivity index (χ4v) is 1.06. The van der Waals surface area contributed by atoms with Gasteiger partial charge in [0.1, 0.15) is 0 Å². The number of hydrogen-bond donors (Lipinski definition) is 0. The van der Waals surface area contributed by atoms with Crippen molar-refractivity contribution in [2.45, 2.75) is 20.3 Å². The zero-order valence-electron chi connectivity index (χ0n) is 8.17. The molecule has 0 unspecified atom stereocenters. The van der Waals surface area contributed by atoms with Crippen molar-refractivity contribution in [3.63, 3.8) is 0 Å². The third kappa shape index (κ3) is 5.87. The summed E-state index contributed by atoms with van der Waals surface area (Å²) in [6, 6.07) is 6.41. The van der Waals surface area contributed by atoms with Crippen LogP contribution in [0.25, 0.3) is 0 Å². The third-order valence-corrected chi connectivity index (χ3v) is 1.65. The molecule has 0 saturated carbocycles. The first-order valence-corrected chi connectivity index (χ1v) is 4.21. The zero-order chi connectivity index (χ0) is 8.81. The van der Waals surface area contributed by atoms with Crippen LogP contribution in [-0.4, -0.2) is 0 Å². The van der Waals surface area contributed by atoms with Crippen LogP contribution in [0.1, 0.15) is 17.5 Å². The molecule has 0 spiro atoms. The van der Waals surface area contributed by atoms with Crippen LogP contribution < -0.4 is 0 Å². The van der Waals surface area contributed by atoms with Gasteiger partial charge >= 0.3 is 0 Å². The van der Waals surface area contributed by atoms with E-state index < -0.39 is 0 Å². The monoisotopic (exact) mass is 338 g/mol. The molecular formula is C12H14Hf-2. The van der Waals surface area contributed by atoms with E-state index in [2.05, 4.69) is 44.2 Å².